The van der Waals surface area contributed by atoms with Crippen LogP contribution in [0.5, 0.6) is 11.5 Å². The molecule has 1 atom stereocenters. The molecule has 1 aliphatic heterocycles. The van der Waals surface area contributed by atoms with Crippen molar-refractivity contribution in [2.24, 2.45) is 0 Å². The van der Waals surface area contributed by atoms with Gasteiger partial charge < -0.3 is 25.2 Å². The Morgan fingerprint density at radius 2 is 1.73 bits per heavy atom. The topological polar surface area (TPSA) is 96.9 Å². The lowest BCUT2D eigenvalue weighted by atomic mass is 10.0. The summed E-state index contributed by atoms with van der Waals surface area (Å²) in [6.07, 6.45) is -0.910. The number of amides is 2. The van der Waals surface area contributed by atoms with Gasteiger partial charge in [0.25, 0.3) is 0 Å². The highest BCUT2D eigenvalue weighted by molar-refractivity contribution is 7.08. The third-order valence-corrected chi connectivity index (χ3v) is 5.39. The average molecular weight is 424 g/mol. The van der Waals surface area contributed by atoms with Crippen molar-refractivity contribution in [2.75, 3.05) is 13.3 Å². The first-order valence-corrected chi connectivity index (χ1v) is 10.3. The second-order valence-corrected chi connectivity index (χ2v) is 7.51. The molecule has 30 heavy (non-hydrogen) atoms. The lowest BCUT2D eigenvalue weighted by Crippen LogP contribution is -2.41. The molecule has 3 aromatic rings. The molecule has 2 heterocycles. The number of ether oxygens (including phenoxy) is 2. The molecule has 1 unspecified atom stereocenters. The Labute approximate surface area is 177 Å². The van der Waals surface area contributed by atoms with Gasteiger partial charge in [-0.2, -0.15) is 11.3 Å². The van der Waals surface area contributed by atoms with Crippen LogP contribution in [0.1, 0.15) is 17.2 Å². The predicted molar refractivity (Wildman–Crippen MR) is 112 cm³/mol. The van der Waals surface area contributed by atoms with Crippen molar-refractivity contribution in [1.82, 2.24) is 10.6 Å². The van der Waals surface area contributed by atoms with Gasteiger partial charge in [-0.25, -0.2) is 0 Å². The van der Waals surface area contributed by atoms with E-state index in [4.69, 9.17) is 9.47 Å². The smallest absolute Gasteiger partial charge is 0.309 e. The average Bonchev–Trinajstić information content (AvgIpc) is 3.47. The molecule has 2 amide bonds. The minimum atomic E-state index is -0.910. The van der Waals surface area contributed by atoms with E-state index in [0.29, 0.717) is 17.1 Å². The van der Waals surface area contributed by atoms with Gasteiger partial charge in [-0.3, -0.25) is 9.59 Å². The van der Waals surface area contributed by atoms with Crippen LogP contribution < -0.4 is 20.1 Å². The molecule has 0 spiro atoms. The molecule has 154 valence electrons. The standard InChI is InChI=1S/C22H20N2O5S/c25-18(16-4-2-15(3-5-16)17-7-8-30-12-17)11-24-22(27)21(26)23-10-14-1-6-19-20(9-14)29-13-28-19/h1-9,12,18,25H,10-11,13H2,(H,23,26)(H,24,27). The molecule has 1 aliphatic rings. The van der Waals surface area contributed by atoms with E-state index in [1.165, 1.54) is 0 Å². The Balaban J connectivity index is 1.25. The van der Waals surface area contributed by atoms with E-state index in [9.17, 15) is 14.7 Å². The highest BCUT2D eigenvalue weighted by Crippen LogP contribution is 2.32. The molecule has 4 rings (SSSR count). The summed E-state index contributed by atoms with van der Waals surface area (Å²) < 4.78 is 10.5. The van der Waals surface area contributed by atoms with Gasteiger partial charge in [0, 0.05) is 13.1 Å². The summed E-state index contributed by atoms with van der Waals surface area (Å²) in [5, 5.41) is 19.4. The van der Waals surface area contributed by atoms with Crippen LogP contribution in [0.25, 0.3) is 11.1 Å². The molecule has 0 aliphatic carbocycles. The van der Waals surface area contributed by atoms with Gasteiger partial charge in [0.15, 0.2) is 11.5 Å². The Kier molecular flexibility index (Phi) is 5.97. The predicted octanol–water partition coefficient (Wildman–Crippen LogP) is 2.61. The van der Waals surface area contributed by atoms with E-state index < -0.39 is 17.9 Å². The molecule has 3 N–H and O–H groups in total. The van der Waals surface area contributed by atoms with E-state index in [1.54, 1.807) is 29.5 Å². The largest absolute Gasteiger partial charge is 0.454 e. The third kappa shape index (κ3) is 4.61. The molecule has 0 saturated carbocycles. The van der Waals surface area contributed by atoms with E-state index in [-0.39, 0.29) is 19.9 Å². The summed E-state index contributed by atoms with van der Waals surface area (Å²) in [4.78, 5) is 24.0. The Bertz CT molecular complexity index is 1030. The van der Waals surface area contributed by atoms with Crippen molar-refractivity contribution in [3.8, 4) is 22.6 Å². The second-order valence-electron chi connectivity index (χ2n) is 6.73. The van der Waals surface area contributed by atoms with Gasteiger partial charge in [-0.1, -0.05) is 30.3 Å². The summed E-state index contributed by atoms with van der Waals surface area (Å²) in [5.74, 6) is -0.308. The number of fused-ring (bicyclic) bond motifs is 1. The highest BCUT2D eigenvalue weighted by Gasteiger charge is 2.17. The van der Waals surface area contributed by atoms with Gasteiger partial charge in [0.2, 0.25) is 6.79 Å². The Hall–Kier alpha value is -3.36. The molecule has 0 bridgehead atoms. The minimum Gasteiger partial charge on any atom is -0.454 e. The molecule has 0 fully saturated rings. The van der Waals surface area contributed by atoms with Crippen LogP contribution in [-0.4, -0.2) is 30.3 Å². The first kappa shape index (κ1) is 19.9. The van der Waals surface area contributed by atoms with Crippen LogP contribution >= 0.6 is 11.3 Å². The monoisotopic (exact) mass is 424 g/mol. The third-order valence-electron chi connectivity index (χ3n) is 4.70. The van der Waals surface area contributed by atoms with Crippen LogP contribution in [-0.2, 0) is 16.1 Å². The maximum Gasteiger partial charge on any atom is 0.309 e. The van der Waals surface area contributed by atoms with E-state index in [1.807, 2.05) is 41.1 Å². The molecule has 8 heteroatoms. The van der Waals surface area contributed by atoms with Crippen molar-refractivity contribution in [1.29, 1.82) is 0 Å². The first-order valence-electron chi connectivity index (χ1n) is 9.35. The normalized spacial score (nSPS) is 13.0. The zero-order valence-electron chi connectivity index (χ0n) is 16.0. The number of thiophene rings is 1. The Morgan fingerprint density at radius 1 is 0.967 bits per heavy atom. The summed E-state index contributed by atoms with van der Waals surface area (Å²) in [5.41, 5.74) is 3.62. The number of hydrogen-bond donors (Lipinski definition) is 3. The van der Waals surface area contributed by atoms with Crippen LogP contribution in [0.3, 0.4) is 0 Å². The van der Waals surface area contributed by atoms with Crippen LogP contribution in [0.15, 0.2) is 59.3 Å². The summed E-state index contributed by atoms with van der Waals surface area (Å²) in [7, 11) is 0. The van der Waals surface area contributed by atoms with Gasteiger partial charge in [-0.05, 0) is 51.2 Å². The zero-order valence-corrected chi connectivity index (χ0v) is 16.8. The van der Waals surface area contributed by atoms with Crippen molar-refractivity contribution >= 4 is 23.2 Å². The molecule has 0 saturated heterocycles. The molecule has 2 aromatic carbocycles. The summed E-state index contributed by atoms with van der Waals surface area (Å²) in [6.45, 7) is 0.288. The zero-order chi connectivity index (χ0) is 20.9. The quantitative estimate of drug-likeness (QED) is 0.529. The van der Waals surface area contributed by atoms with Gasteiger partial charge in [0.1, 0.15) is 0 Å². The fourth-order valence-electron chi connectivity index (χ4n) is 3.03. The number of aliphatic hydroxyl groups is 1. The Morgan fingerprint density at radius 3 is 2.50 bits per heavy atom. The number of carbonyl (C=O) groups is 2. The minimum absolute atomic E-state index is 0.0614. The number of aliphatic hydroxyl groups excluding tert-OH is 1. The van der Waals surface area contributed by atoms with Gasteiger partial charge in [0.05, 0.1) is 6.10 Å². The summed E-state index contributed by atoms with van der Waals surface area (Å²) in [6, 6.07) is 14.8. The van der Waals surface area contributed by atoms with Crippen molar-refractivity contribution in [3.63, 3.8) is 0 Å². The van der Waals surface area contributed by atoms with Gasteiger partial charge in [-0.15, -0.1) is 0 Å². The van der Waals surface area contributed by atoms with Crippen molar-refractivity contribution in [3.05, 3.63) is 70.4 Å². The van der Waals surface area contributed by atoms with E-state index >= 15 is 0 Å². The van der Waals surface area contributed by atoms with Crippen LogP contribution in [0.4, 0.5) is 0 Å². The second kappa shape index (κ2) is 8.98. The molecular weight excluding hydrogens is 404 g/mol. The molecule has 1 aromatic heterocycles. The number of rotatable bonds is 6. The maximum atomic E-state index is 12.0. The highest BCUT2D eigenvalue weighted by atomic mass is 32.1. The summed E-state index contributed by atoms with van der Waals surface area (Å²) >= 11 is 1.62. The van der Waals surface area contributed by atoms with Crippen LogP contribution in [0, 0.1) is 0 Å². The fraction of sp³-hybridized carbons (Fsp3) is 0.182. The SMILES string of the molecule is O=C(NCc1ccc2c(c1)OCO2)C(=O)NCC(O)c1ccc(-c2ccsc2)cc1. The lowest BCUT2D eigenvalue weighted by Gasteiger charge is -2.13. The van der Waals surface area contributed by atoms with E-state index in [2.05, 4.69) is 10.6 Å². The molecular formula is C22H20N2O5S. The first-order chi connectivity index (χ1) is 14.6. The lowest BCUT2D eigenvalue weighted by molar-refractivity contribution is -0.139. The number of benzene rings is 2. The maximum absolute atomic E-state index is 12.0. The fourth-order valence-corrected chi connectivity index (χ4v) is 3.69. The number of hydrogen-bond acceptors (Lipinski definition) is 6. The molecule has 7 nitrogen and oxygen atoms in total. The van der Waals surface area contributed by atoms with Crippen LogP contribution in [0.2, 0.25) is 0 Å². The van der Waals surface area contributed by atoms with Crippen molar-refractivity contribution < 1.29 is 24.2 Å². The number of nitrogens with one attached hydrogen (secondary N) is 2. The molecule has 0 radical (unpaired) electrons. The van der Waals surface area contributed by atoms with Crippen molar-refractivity contribution in [2.45, 2.75) is 12.6 Å². The van der Waals surface area contributed by atoms with Gasteiger partial charge >= 0.3 is 11.8 Å². The van der Waals surface area contributed by atoms with E-state index in [0.717, 1.165) is 16.7 Å². The number of carbonyl (C=O) groups excluding carboxylic acids is 2.